The van der Waals surface area contributed by atoms with E-state index in [1.54, 1.807) is 21.0 Å². The molecular formula is C23H30N4O5. The number of hydrogen-bond donors (Lipinski definition) is 1. The average molecular weight is 443 g/mol. The minimum absolute atomic E-state index is 0.0422. The first-order valence-electron chi connectivity index (χ1n) is 10.7. The van der Waals surface area contributed by atoms with Crippen LogP contribution in [0, 0.1) is 13.8 Å². The molecule has 0 saturated carbocycles. The molecule has 0 fully saturated rings. The molecule has 2 aromatic rings. The van der Waals surface area contributed by atoms with Gasteiger partial charge in [0.1, 0.15) is 11.2 Å². The number of aromatic nitrogens is 2. The molecule has 1 atom stereocenters. The maximum atomic E-state index is 13.7. The number of carbonyl (C=O) groups excluding carboxylic acids is 3. The Balaban J connectivity index is 2.05. The van der Waals surface area contributed by atoms with Crippen LogP contribution in [0.5, 0.6) is 0 Å². The number of aryl methyl sites for hydroxylation is 2. The molecule has 1 aromatic heterocycles. The van der Waals surface area contributed by atoms with Crippen molar-refractivity contribution in [2.45, 2.75) is 46.2 Å². The van der Waals surface area contributed by atoms with Gasteiger partial charge in [-0.25, -0.2) is 4.79 Å². The molecule has 1 aliphatic rings. The van der Waals surface area contributed by atoms with Gasteiger partial charge in [-0.05, 0) is 45.7 Å². The molecule has 1 aromatic carbocycles. The maximum Gasteiger partial charge on any atom is 0.358 e. The minimum Gasteiger partial charge on any atom is -0.461 e. The normalized spacial score (nSPS) is 17.8. The van der Waals surface area contributed by atoms with E-state index in [1.807, 2.05) is 32.0 Å². The number of rotatable bonds is 8. The van der Waals surface area contributed by atoms with Gasteiger partial charge in [-0.15, -0.1) is 0 Å². The SMILES string of the molecule is CCOC(=O)c1cc2n(n1)C[C@@](C)(C(=O)NCCCOC)N(c1ccc(C)cc1C)C2=O. The van der Waals surface area contributed by atoms with E-state index in [0.717, 1.165) is 11.1 Å². The van der Waals surface area contributed by atoms with Crippen LogP contribution < -0.4 is 10.2 Å². The Morgan fingerprint density at radius 2 is 2.00 bits per heavy atom. The number of methoxy groups -OCH3 is 1. The van der Waals surface area contributed by atoms with E-state index < -0.39 is 17.4 Å². The Bertz CT molecular complexity index is 1030. The van der Waals surface area contributed by atoms with Crippen molar-refractivity contribution in [1.82, 2.24) is 15.1 Å². The van der Waals surface area contributed by atoms with E-state index >= 15 is 0 Å². The van der Waals surface area contributed by atoms with Crippen molar-refractivity contribution < 1.29 is 23.9 Å². The quantitative estimate of drug-likeness (QED) is 0.497. The first-order valence-corrected chi connectivity index (χ1v) is 10.7. The Morgan fingerprint density at radius 1 is 1.25 bits per heavy atom. The molecule has 0 radical (unpaired) electrons. The van der Waals surface area contributed by atoms with E-state index in [-0.39, 0.29) is 30.4 Å². The lowest BCUT2D eigenvalue weighted by Crippen LogP contribution is -2.64. The molecule has 3 rings (SSSR count). The van der Waals surface area contributed by atoms with Crippen LogP contribution in [0.4, 0.5) is 5.69 Å². The van der Waals surface area contributed by atoms with Crippen LogP contribution in [-0.4, -0.2) is 60.0 Å². The smallest absolute Gasteiger partial charge is 0.358 e. The van der Waals surface area contributed by atoms with Crippen LogP contribution in [0.1, 0.15) is 52.4 Å². The van der Waals surface area contributed by atoms with Crippen molar-refractivity contribution in [2.24, 2.45) is 0 Å². The Morgan fingerprint density at radius 3 is 2.66 bits per heavy atom. The van der Waals surface area contributed by atoms with Crippen LogP contribution in [0.3, 0.4) is 0 Å². The largest absolute Gasteiger partial charge is 0.461 e. The standard InChI is InChI=1S/C23H30N4O5/c1-6-32-21(29)17-13-19-20(28)27(18-9-8-15(2)12-16(18)3)23(4,14-26(19)25-17)22(30)24-10-7-11-31-5/h8-9,12-13H,6-7,10-11,14H2,1-5H3,(H,24,30)/t23-/m0/s1. The molecule has 0 bridgehead atoms. The van der Waals surface area contributed by atoms with Crippen LogP contribution >= 0.6 is 0 Å². The number of nitrogens with one attached hydrogen (secondary N) is 1. The fourth-order valence-corrected chi connectivity index (χ4v) is 3.93. The molecule has 1 N–H and O–H groups in total. The third-order valence-corrected chi connectivity index (χ3v) is 5.53. The van der Waals surface area contributed by atoms with Crippen molar-refractivity contribution in [3.05, 3.63) is 46.8 Å². The lowest BCUT2D eigenvalue weighted by molar-refractivity contribution is -0.126. The van der Waals surface area contributed by atoms with Gasteiger partial charge < -0.3 is 14.8 Å². The number of nitrogens with zero attached hydrogens (tertiary/aromatic N) is 3. The van der Waals surface area contributed by atoms with Crippen molar-refractivity contribution >= 4 is 23.5 Å². The first kappa shape index (κ1) is 23.5. The highest BCUT2D eigenvalue weighted by atomic mass is 16.5. The van der Waals surface area contributed by atoms with E-state index in [0.29, 0.717) is 25.3 Å². The Hall–Kier alpha value is -3.20. The van der Waals surface area contributed by atoms with E-state index in [9.17, 15) is 14.4 Å². The summed E-state index contributed by atoms with van der Waals surface area (Å²) >= 11 is 0. The lowest BCUT2D eigenvalue weighted by atomic mass is 9.92. The summed E-state index contributed by atoms with van der Waals surface area (Å²) in [5, 5.41) is 7.18. The van der Waals surface area contributed by atoms with Crippen LogP contribution in [0.15, 0.2) is 24.3 Å². The summed E-state index contributed by atoms with van der Waals surface area (Å²) in [7, 11) is 1.60. The molecule has 0 unspecified atom stereocenters. The second-order valence-electron chi connectivity index (χ2n) is 8.10. The van der Waals surface area contributed by atoms with Crippen molar-refractivity contribution in [2.75, 3.05) is 31.8 Å². The predicted octanol–water partition coefficient (Wildman–Crippen LogP) is 2.25. The number of benzene rings is 1. The van der Waals surface area contributed by atoms with Gasteiger partial charge in [-0.2, -0.15) is 5.10 Å². The topological polar surface area (TPSA) is 103 Å². The fourth-order valence-electron chi connectivity index (χ4n) is 3.93. The molecule has 9 heteroatoms. The van der Waals surface area contributed by atoms with Crippen LogP contribution in [0.2, 0.25) is 0 Å². The molecule has 0 spiro atoms. The molecule has 0 saturated heterocycles. The van der Waals surface area contributed by atoms with Gasteiger partial charge in [0.05, 0.1) is 13.2 Å². The van der Waals surface area contributed by atoms with Gasteiger partial charge in [-0.3, -0.25) is 19.2 Å². The highest BCUT2D eigenvalue weighted by molar-refractivity contribution is 6.12. The molecule has 0 aliphatic carbocycles. The van der Waals surface area contributed by atoms with Crippen molar-refractivity contribution in [3.8, 4) is 0 Å². The third-order valence-electron chi connectivity index (χ3n) is 5.53. The van der Waals surface area contributed by atoms with Gasteiger partial charge in [0.15, 0.2) is 5.69 Å². The monoisotopic (exact) mass is 442 g/mol. The van der Waals surface area contributed by atoms with E-state index in [1.165, 1.54) is 15.6 Å². The highest BCUT2D eigenvalue weighted by Crippen LogP contribution is 2.35. The summed E-state index contributed by atoms with van der Waals surface area (Å²) < 4.78 is 11.5. The van der Waals surface area contributed by atoms with Crippen molar-refractivity contribution in [1.29, 1.82) is 0 Å². The summed E-state index contributed by atoms with van der Waals surface area (Å²) in [6.07, 6.45) is 0.649. The average Bonchev–Trinajstić information content (AvgIpc) is 3.17. The van der Waals surface area contributed by atoms with E-state index in [2.05, 4.69) is 10.4 Å². The Kier molecular flexibility index (Phi) is 6.98. The van der Waals surface area contributed by atoms with Crippen molar-refractivity contribution in [3.63, 3.8) is 0 Å². The number of hydrogen-bond acceptors (Lipinski definition) is 6. The van der Waals surface area contributed by atoms with Crippen LogP contribution in [-0.2, 0) is 20.8 Å². The molecule has 172 valence electrons. The first-order chi connectivity index (χ1) is 15.2. The predicted molar refractivity (Wildman–Crippen MR) is 119 cm³/mol. The summed E-state index contributed by atoms with van der Waals surface area (Å²) in [6.45, 7) is 8.51. The number of anilines is 1. The Labute approximate surface area is 187 Å². The number of carbonyl (C=O) groups is 3. The molecule has 32 heavy (non-hydrogen) atoms. The molecule has 9 nitrogen and oxygen atoms in total. The zero-order valence-corrected chi connectivity index (χ0v) is 19.2. The summed E-state index contributed by atoms with van der Waals surface area (Å²) in [5.74, 6) is -1.31. The highest BCUT2D eigenvalue weighted by Gasteiger charge is 2.49. The lowest BCUT2D eigenvalue weighted by Gasteiger charge is -2.43. The molecule has 2 heterocycles. The number of amides is 2. The molecule has 2 amide bonds. The van der Waals surface area contributed by atoms with Gasteiger partial charge >= 0.3 is 5.97 Å². The summed E-state index contributed by atoms with van der Waals surface area (Å²) in [6, 6.07) is 7.14. The van der Waals surface area contributed by atoms with Gasteiger partial charge in [-0.1, -0.05) is 17.7 Å². The second-order valence-corrected chi connectivity index (χ2v) is 8.10. The van der Waals surface area contributed by atoms with Gasteiger partial charge in [0, 0.05) is 32.0 Å². The fraction of sp³-hybridized carbons (Fsp3) is 0.478. The number of esters is 1. The maximum absolute atomic E-state index is 13.7. The second kappa shape index (κ2) is 9.52. The summed E-state index contributed by atoms with van der Waals surface area (Å²) in [4.78, 5) is 40.7. The van der Waals surface area contributed by atoms with Gasteiger partial charge in [0.2, 0.25) is 5.91 Å². The van der Waals surface area contributed by atoms with Crippen LogP contribution in [0.25, 0.3) is 0 Å². The van der Waals surface area contributed by atoms with Gasteiger partial charge in [0.25, 0.3) is 5.91 Å². The molecular weight excluding hydrogens is 412 g/mol. The third kappa shape index (κ3) is 4.38. The minimum atomic E-state index is -1.25. The summed E-state index contributed by atoms with van der Waals surface area (Å²) in [5.41, 5.74) is 1.58. The molecule has 1 aliphatic heterocycles. The number of ether oxygens (including phenoxy) is 2. The zero-order valence-electron chi connectivity index (χ0n) is 19.2. The zero-order chi connectivity index (χ0) is 23.5. The van der Waals surface area contributed by atoms with E-state index in [4.69, 9.17) is 9.47 Å². The number of fused-ring (bicyclic) bond motifs is 1.